The monoisotopic (exact) mass is 347 g/mol. The van der Waals surface area contributed by atoms with Gasteiger partial charge in [0.1, 0.15) is 10.8 Å². The predicted molar refractivity (Wildman–Crippen MR) is 91.0 cm³/mol. The number of anilines is 1. The standard InChI is InChI=1S/C15H17N5O3S/c1-2-3-12(22)17-15-20-19-14(24-15)8-13(23)18-16-9-10-4-6-11(21)7-5-10/h4-7,9,21H,2-3,8H2,1H3,(H,18,23)(H,17,20,22). The van der Waals surface area contributed by atoms with Gasteiger partial charge in [0.25, 0.3) is 0 Å². The minimum atomic E-state index is -0.340. The van der Waals surface area contributed by atoms with Crippen molar-refractivity contribution in [3.05, 3.63) is 34.8 Å². The summed E-state index contributed by atoms with van der Waals surface area (Å²) in [5.74, 6) is -0.301. The number of aromatic hydroxyl groups is 1. The summed E-state index contributed by atoms with van der Waals surface area (Å²) in [6, 6.07) is 6.39. The molecule has 24 heavy (non-hydrogen) atoms. The molecule has 8 nitrogen and oxygen atoms in total. The maximum Gasteiger partial charge on any atom is 0.247 e. The van der Waals surface area contributed by atoms with Crippen LogP contribution in [0.15, 0.2) is 29.4 Å². The Bertz CT molecular complexity index is 727. The first-order chi connectivity index (χ1) is 11.6. The third kappa shape index (κ3) is 5.76. The SMILES string of the molecule is CCCC(=O)Nc1nnc(CC(=O)NN=Cc2ccc(O)cc2)s1. The van der Waals surface area contributed by atoms with E-state index in [2.05, 4.69) is 26.0 Å². The zero-order valence-electron chi connectivity index (χ0n) is 13.0. The van der Waals surface area contributed by atoms with E-state index in [1.54, 1.807) is 12.1 Å². The third-order valence-electron chi connectivity index (χ3n) is 2.80. The van der Waals surface area contributed by atoms with Crippen molar-refractivity contribution in [3.63, 3.8) is 0 Å². The molecule has 0 aliphatic heterocycles. The number of carbonyl (C=O) groups excluding carboxylic acids is 2. The molecule has 0 spiro atoms. The van der Waals surface area contributed by atoms with Gasteiger partial charge in [-0.05, 0) is 36.2 Å². The number of phenolic OH excluding ortho intramolecular Hbond substituents is 1. The van der Waals surface area contributed by atoms with E-state index in [4.69, 9.17) is 5.11 Å². The molecule has 2 amide bonds. The van der Waals surface area contributed by atoms with E-state index >= 15 is 0 Å². The molecule has 2 aromatic rings. The highest BCUT2D eigenvalue weighted by Gasteiger charge is 2.10. The Kier molecular flexibility index (Phi) is 6.38. The summed E-state index contributed by atoms with van der Waals surface area (Å²) >= 11 is 1.15. The van der Waals surface area contributed by atoms with Crippen molar-refractivity contribution in [1.29, 1.82) is 0 Å². The van der Waals surface area contributed by atoms with Crippen LogP contribution in [-0.4, -0.2) is 33.3 Å². The van der Waals surface area contributed by atoms with Gasteiger partial charge in [-0.3, -0.25) is 9.59 Å². The number of hydrogen-bond donors (Lipinski definition) is 3. The van der Waals surface area contributed by atoms with Crippen LogP contribution in [0.1, 0.15) is 30.3 Å². The molecule has 0 fully saturated rings. The van der Waals surface area contributed by atoms with Crippen LogP contribution in [-0.2, 0) is 16.0 Å². The van der Waals surface area contributed by atoms with Crippen molar-refractivity contribution in [1.82, 2.24) is 15.6 Å². The van der Waals surface area contributed by atoms with E-state index in [0.29, 0.717) is 16.6 Å². The van der Waals surface area contributed by atoms with Gasteiger partial charge in [0, 0.05) is 6.42 Å². The van der Waals surface area contributed by atoms with E-state index in [-0.39, 0.29) is 24.0 Å². The highest BCUT2D eigenvalue weighted by Crippen LogP contribution is 2.16. The fourth-order valence-electron chi connectivity index (χ4n) is 1.70. The predicted octanol–water partition coefficient (Wildman–Crippen LogP) is 1.68. The van der Waals surface area contributed by atoms with E-state index < -0.39 is 0 Å². The third-order valence-corrected chi connectivity index (χ3v) is 3.64. The molecule has 0 unspecified atom stereocenters. The fraction of sp³-hybridized carbons (Fsp3) is 0.267. The Balaban J connectivity index is 1.81. The summed E-state index contributed by atoms with van der Waals surface area (Å²) < 4.78 is 0. The Morgan fingerprint density at radius 3 is 2.71 bits per heavy atom. The number of hydrogen-bond acceptors (Lipinski definition) is 7. The summed E-state index contributed by atoms with van der Waals surface area (Å²) in [7, 11) is 0. The van der Waals surface area contributed by atoms with Crippen LogP contribution < -0.4 is 10.7 Å². The van der Waals surface area contributed by atoms with Crippen LogP contribution in [0.3, 0.4) is 0 Å². The smallest absolute Gasteiger partial charge is 0.247 e. The number of hydrazone groups is 1. The molecule has 126 valence electrons. The second-order valence-electron chi connectivity index (χ2n) is 4.86. The Hall–Kier alpha value is -2.81. The molecular weight excluding hydrogens is 330 g/mol. The summed E-state index contributed by atoms with van der Waals surface area (Å²) in [5.41, 5.74) is 3.12. The Labute approximate surface area is 142 Å². The van der Waals surface area contributed by atoms with E-state index in [0.717, 1.165) is 23.3 Å². The number of benzene rings is 1. The van der Waals surface area contributed by atoms with Crippen molar-refractivity contribution in [2.45, 2.75) is 26.2 Å². The molecule has 0 aliphatic rings. The van der Waals surface area contributed by atoms with Crippen LogP contribution in [0, 0.1) is 0 Å². The Morgan fingerprint density at radius 1 is 1.25 bits per heavy atom. The van der Waals surface area contributed by atoms with Gasteiger partial charge in [-0.1, -0.05) is 18.3 Å². The van der Waals surface area contributed by atoms with Crippen LogP contribution >= 0.6 is 11.3 Å². The Morgan fingerprint density at radius 2 is 2.00 bits per heavy atom. The van der Waals surface area contributed by atoms with Gasteiger partial charge in [-0.15, -0.1) is 10.2 Å². The van der Waals surface area contributed by atoms with Crippen LogP contribution in [0.5, 0.6) is 5.75 Å². The van der Waals surface area contributed by atoms with Gasteiger partial charge in [0.05, 0.1) is 12.6 Å². The lowest BCUT2D eigenvalue weighted by molar-refractivity contribution is -0.120. The zero-order valence-corrected chi connectivity index (χ0v) is 13.8. The fourth-order valence-corrected chi connectivity index (χ4v) is 2.46. The molecule has 3 N–H and O–H groups in total. The maximum absolute atomic E-state index is 11.8. The highest BCUT2D eigenvalue weighted by atomic mass is 32.1. The first kappa shape index (κ1) is 17.5. The maximum atomic E-state index is 11.8. The van der Waals surface area contributed by atoms with Gasteiger partial charge in [-0.2, -0.15) is 5.10 Å². The number of nitrogens with zero attached hydrogens (tertiary/aromatic N) is 3. The minimum absolute atomic E-state index is 0.0221. The normalized spacial score (nSPS) is 10.7. The van der Waals surface area contributed by atoms with E-state index in [1.165, 1.54) is 18.3 Å². The molecule has 9 heteroatoms. The van der Waals surface area contributed by atoms with Crippen molar-refractivity contribution in [2.75, 3.05) is 5.32 Å². The molecule has 0 saturated heterocycles. The van der Waals surface area contributed by atoms with Crippen molar-refractivity contribution in [2.24, 2.45) is 5.10 Å². The molecule has 2 rings (SSSR count). The molecule has 1 aromatic carbocycles. The van der Waals surface area contributed by atoms with E-state index in [1.807, 2.05) is 6.92 Å². The first-order valence-electron chi connectivity index (χ1n) is 7.30. The lowest BCUT2D eigenvalue weighted by Crippen LogP contribution is -2.19. The van der Waals surface area contributed by atoms with Gasteiger partial charge >= 0.3 is 0 Å². The molecule has 0 bridgehead atoms. The molecule has 0 aliphatic carbocycles. The summed E-state index contributed by atoms with van der Waals surface area (Å²) in [6.45, 7) is 1.91. The quantitative estimate of drug-likeness (QED) is 0.520. The second kappa shape index (κ2) is 8.73. The van der Waals surface area contributed by atoms with Crippen molar-refractivity contribution < 1.29 is 14.7 Å². The molecule has 0 radical (unpaired) electrons. The van der Waals surface area contributed by atoms with Gasteiger partial charge in [-0.25, -0.2) is 5.43 Å². The van der Waals surface area contributed by atoms with Gasteiger partial charge in [0.15, 0.2) is 0 Å². The van der Waals surface area contributed by atoms with Gasteiger partial charge in [0.2, 0.25) is 16.9 Å². The van der Waals surface area contributed by atoms with Crippen LogP contribution in [0.25, 0.3) is 0 Å². The average Bonchev–Trinajstić information content (AvgIpc) is 2.96. The number of nitrogens with one attached hydrogen (secondary N) is 2. The summed E-state index contributed by atoms with van der Waals surface area (Å²) in [6.07, 6.45) is 2.66. The average molecular weight is 347 g/mol. The number of rotatable bonds is 7. The van der Waals surface area contributed by atoms with Crippen molar-refractivity contribution >= 4 is 34.5 Å². The molecule has 1 heterocycles. The lowest BCUT2D eigenvalue weighted by atomic mass is 10.2. The first-order valence-corrected chi connectivity index (χ1v) is 8.11. The number of aromatic nitrogens is 2. The summed E-state index contributed by atoms with van der Waals surface area (Å²) in [4.78, 5) is 23.2. The molecule has 0 atom stereocenters. The van der Waals surface area contributed by atoms with Gasteiger partial charge < -0.3 is 10.4 Å². The lowest BCUT2D eigenvalue weighted by Gasteiger charge is -1.97. The largest absolute Gasteiger partial charge is 0.508 e. The van der Waals surface area contributed by atoms with Crippen LogP contribution in [0.2, 0.25) is 0 Å². The topological polar surface area (TPSA) is 117 Å². The molecule has 0 saturated carbocycles. The van der Waals surface area contributed by atoms with Crippen molar-refractivity contribution in [3.8, 4) is 5.75 Å². The molecular formula is C15H17N5O3S. The number of amides is 2. The summed E-state index contributed by atoms with van der Waals surface area (Å²) in [5, 5.41) is 24.2. The highest BCUT2D eigenvalue weighted by molar-refractivity contribution is 7.15. The second-order valence-corrected chi connectivity index (χ2v) is 5.92. The van der Waals surface area contributed by atoms with Crippen LogP contribution in [0.4, 0.5) is 5.13 Å². The molecule has 1 aromatic heterocycles. The van der Waals surface area contributed by atoms with E-state index in [9.17, 15) is 9.59 Å². The number of phenols is 1. The number of carbonyl (C=O) groups is 2. The zero-order chi connectivity index (χ0) is 17.4. The minimum Gasteiger partial charge on any atom is -0.508 e.